The number of hydrogen-bond donors (Lipinski definition) is 1. The molecule has 0 aliphatic carbocycles. The largest absolute Gasteiger partial charge is 0.439 e. The van der Waals surface area contributed by atoms with E-state index < -0.39 is 4.92 Å². The van der Waals surface area contributed by atoms with Crippen molar-refractivity contribution in [2.24, 2.45) is 0 Å². The van der Waals surface area contributed by atoms with Crippen LogP contribution in [0.5, 0.6) is 0 Å². The Hall–Kier alpha value is -1.99. The lowest BCUT2D eigenvalue weighted by Crippen LogP contribution is -2.22. The second kappa shape index (κ2) is 5.98. The average molecular weight is 279 g/mol. The maximum Gasteiger partial charge on any atom is 0.271 e. The lowest BCUT2D eigenvalue weighted by atomic mass is 10.3. The molecule has 1 N–H and O–H groups in total. The molecule has 2 rings (SSSR count). The van der Waals surface area contributed by atoms with Gasteiger partial charge in [-0.2, -0.15) is 0 Å². The summed E-state index contributed by atoms with van der Waals surface area (Å²) in [6.07, 6.45) is 0.325. The first kappa shape index (κ1) is 14.4. The molecule has 0 aliphatic rings. The van der Waals surface area contributed by atoms with Gasteiger partial charge in [-0.25, -0.2) is 4.98 Å². The minimum atomic E-state index is -0.456. The van der Waals surface area contributed by atoms with Gasteiger partial charge in [-0.1, -0.05) is 0 Å². The van der Waals surface area contributed by atoms with Gasteiger partial charge in [0.15, 0.2) is 5.58 Å². The van der Waals surface area contributed by atoms with Gasteiger partial charge in [0.2, 0.25) is 5.89 Å². The summed E-state index contributed by atoms with van der Waals surface area (Å²) in [5.41, 5.74) is 1.02. The Morgan fingerprint density at radius 3 is 2.95 bits per heavy atom. The molecule has 0 aliphatic heterocycles. The molecule has 1 heterocycles. The molecule has 1 unspecified atom stereocenters. The Bertz CT molecular complexity index is 609. The van der Waals surface area contributed by atoms with Crippen LogP contribution in [-0.2, 0) is 6.54 Å². The third-order valence-electron chi connectivity index (χ3n) is 2.96. The average Bonchev–Trinajstić information content (AvgIpc) is 2.77. The fraction of sp³-hybridized carbons (Fsp3) is 0.462. The lowest BCUT2D eigenvalue weighted by molar-refractivity contribution is -0.384. The van der Waals surface area contributed by atoms with Crippen LogP contribution in [0.2, 0.25) is 0 Å². The zero-order valence-electron chi connectivity index (χ0n) is 11.4. The smallest absolute Gasteiger partial charge is 0.271 e. The zero-order chi connectivity index (χ0) is 14.7. The molecule has 108 valence electrons. The summed E-state index contributed by atoms with van der Waals surface area (Å²) in [7, 11) is 1.90. The summed E-state index contributed by atoms with van der Waals surface area (Å²) < 4.78 is 5.54. The quantitative estimate of drug-likeness (QED) is 0.641. The van der Waals surface area contributed by atoms with Crippen molar-refractivity contribution < 1.29 is 14.4 Å². The Morgan fingerprint density at radius 1 is 1.55 bits per heavy atom. The normalized spacial score (nSPS) is 13.0. The highest BCUT2D eigenvalue weighted by molar-refractivity contribution is 5.75. The zero-order valence-corrected chi connectivity index (χ0v) is 11.4. The standard InChI is InChI=1S/C13H17N3O4/c1-9(17)5-6-15(2)8-13-14-11-7-10(16(18)19)3-4-12(11)20-13/h3-4,7,9,17H,5-6,8H2,1-2H3. The van der Waals surface area contributed by atoms with E-state index in [1.54, 1.807) is 13.0 Å². The molecule has 7 nitrogen and oxygen atoms in total. The summed E-state index contributed by atoms with van der Waals surface area (Å²) >= 11 is 0. The number of non-ortho nitro benzene ring substituents is 1. The monoisotopic (exact) mass is 279 g/mol. The minimum absolute atomic E-state index is 0.000176. The van der Waals surface area contributed by atoms with E-state index in [1.165, 1.54) is 12.1 Å². The van der Waals surface area contributed by atoms with Gasteiger partial charge in [0.25, 0.3) is 5.69 Å². The van der Waals surface area contributed by atoms with Crippen LogP contribution in [-0.4, -0.2) is 39.6 Å². The maximum absolute atomic E-state index is 10.7. The van der Waals surface area contributed by atoms with Crippen molar-refractivity contribution >= 4 is 16.8 Å². The number of nitrogens with zero attached hydrogens (tertiary/aromatic N) is 3. The molecule has 7 heteroatoms. The van der Waals surface area contributed by atoms with Crippen molar-refractivity contribution in [2.45, 2.75) is 26.0 Å². The highest BCUT2D eigenvalue weighted by Crippen LogP contribution is 2.21. The molecule has 0 bridgehead atoms. The number of aliphatic hydroxyl groups excluding tert-OH is 1. The van der Waals surface area contributed by atoms with E-state index in [2.05, 4.69) is 4.98 Å². The number of hydrogen-bond acceptors (Lipinski definition) is 6. The minimum Gasteiger partial charge on any atom is -0.439 e. The van der Waals surface area contributed by atoms with Crippen LogP contribution >= 0.6 is 0 Å². The van der Waals surface area contributed by atoms with Crippen LogP contribution in [0.15, 0.2) is 22.6 Å². The number of nitro benzene ring substituents is 1. The van der Waals surface area contributed by atoms with Gasteiger partial charge < -0.3 is 9.52 Å². The van der Waals surface area contributed by atoms with E-state index in [9.17, 15) is 15.2 Å². The van der Waals surface area contributed by atoms with E-state index in [1.807, 2.05) is 11.9 Å². The Kier molecular flexibility index (Phi) is 4.31. The van der Waals surface area contributed by atoms with Crippen molar-refractivity contribution in [3.8, 4) is 0 Å². The van der Waals surface area contributed by atoms with Crippen LogP contribution in [0.4, 0.5) is 5.69 Å². The fourth-order valence-electron chi connectivity index (χ4n) is 1.86. The molecule has 0 saturated carbocycles. The molecule has 20 heavy (non-hydrogen) atoms. The molecular formula is C13H17N3O4. The maximum atomic E-state index is 10.7. The molecular weight excluding hydrogens is 262 g/mol. The van der Waals surface area contributed by atoms with Crippen molar-refractivity contribution in [1.29, 1.82) is 0 Å². The van der Waals surface area contributed by atoms with Crippen LogP contribution in [0.1, 0.15) is 19.2 Å². The van der Waals surface area contributed by atoms with Crippen molar-refractivity contribution in [3.05, 3.63) is 34.2 Å². The number of oxazole rings is 1. The second-order valence-corrected chi connectivity index (χ2v) is 4.89. The van der Waals surface area contributed by atoms with Gasteiger partial charge in [0.1, 0.15) is 5.52 Å². The van der Waals surface area contributed by atoms with Crippen molar-refractivity contribution in [2.75, 3.05) is 13.6 Å². The van der Waals surface area contributed by atoms with Gasteiger partial charge in [-0.3, -0.25) is 15.0 Å². The predicted octanol–water partition coefficient (Wildman–Crippen LogP) is 1.94. The first-order valence-electron chi connectivity index (χ1n) is 6.36. The van der Waals surface area contributed by atoms with Gasteiger partial charge in [0.05, 0.1) is 17.6 Å². The van der Waals surface area contributed by atoms with E-state index in [4.69, 9.17) is 4.42 Å². The summed E-state index contributed by atoms with van der Waals surface area (Å²) in [6.45, 7) is 2.96. The van der Waals surface area contributed by atoms with Crippen LogP contribution in [0.25, 0.3) is 11.1 Å². The molecule has 0 fully saturated rings. The number of benzene rings is 1. The van der Waals surface area contributed by atoms with Crippen LogP contribution in [0.3, 0.4) is 0 Å². The Labute approximate surface area is 116 Å². The van der Waals surface area contributed by atoms with Crippen molar-refractivity contribution in [3.63, 3.8) is 0 Å². The third-order valence-corrected chi connectivity index (χ3v) is 2.96. The topological polar surface area (TPSA) is 92.6 Å². The molecule has 0 saturated heterocycles. The van der Waals surface area contributed by atoms with Gasteiger partial charge in [-0.05, 0) is 26.5 Å². The summed E-state index contributed by atoms with van der Waals surface area (Å²) in [5, 5.41) is 19.9. The first-order valence-corrected chi connectivity index (χ1v) is 6.36. The highest BCUT2D eigenvalue weighted by atomic mass is 16.6. The number of aromatic nitrogens is 1. The van der Waals surface area contributed by atoms with Crippen molar-refractivity contribution in [1.82, 2.24) is 9.88 Å². The highest BCUT2D eigenvalue weighted by Gasteiger charge is 2.13. The summed E-state index contributed by atoms with van der Waals surface area (Å²) in [6, 6.07) is 4.35. The van der Waals surface area contributed by atoms with E-state index in [0.717, 1.165) is 6.54 Å². The molecule has 1 aromatic heterocycles. The fourth-order valence-corrected chi connectivity index (χ4v) is 1.86. The van der Waals surface area contributed by atoms with E-state index in [-0.39, 0.29) is 11.8 Å². The second-order valence-electron chi connectivity index (χ2n) is 4.89. The van der Waals surface area contributed by atoms with Gasteiger partial charge >= 0.3 is 0 Å². The molecule has 0 amide bonds. The Balaban J connectivity index is 2.09. The number of rotatable bonds is 6. The van der Waals surface area contributed by atoms with E-state index >= 15 is 0 Å². The molecule has 0 radical (unpaired) electrons. The number of fused-ring (bicyclic) bond motifs is 1. The molecule has 1 atom stereocenters. The predicted molar refractivity (Wildman–Crippen MR) is 73.3 cm³/mol. The summed E-state index contributed by atoms with van der Waals surface area (Å²) in [4.78, 5) is 16.5. The number of aliphatic hydroxyl groups is 1. The van der Waals surface area contributed by atoms with Crippen LogP contribution < -0.4 is 0 Å². The summed E-state index contributed by atoms with van der Waals surface area (Å²) in [5.74, 6) is 0.508. The third kappa shape index (κ3) is 3.52. The molecule has 1 aromatic carbocycles. The van der Waals surface area contributed by atoms with Gasteiger partial charge in [0, 0.05) is 18.7 Å². The van der Waals surface area contributed by atoms with E-state index in [0.29, 0.717) is 30.0 Å². The SMILES string of the molecule is CC(O)CCN(C)Cc1nc2cc([N+](=O)[O-])ccc2o1. The molecule has 0 spiro atoms. The Morgan fingerprint density at radius 2 is 2.30 bits per heavy atom. The lowest BCUT2D eigenvalue weighted by Gasteiger charge is -2.14. The number of nitro groups is 1. The molecule has 2 aromatic rings. The van der Waals surface area contributed by atoms with Crippen LogP contribution in [0, 0.1) is 10.1 Å². The van der Waals surface area contributed by atoms with Gasteiger partial charge in [-0.15, -0.1) is 0 Å². The first-order chi connectivity index (χ1) is 9.45.